The fourth-order valence-electron chi connectivity index (χ4n) is 3.14. The fraction of sp³-hybridized carbons (Fsp3) is 0.211. The van der Waals surface area contributed by atoms with E-state index in [0.29, 0.717) is 12.1 Å². The molecule has 24 heavy (non-hydrogen) atoms. The van der Waals surface area contributed by atoms with Crippen LogP contribution in [0.25, 0.3) is 5.69 Å². The van der Waals surface area contributed by atoms with Crippen molar-refractivity contribution < 1.29 is 4.79 Å². The first-order chi connectivity index (χ1) is 11.7. The molecular formula is C19H18N4O. The van der Waals surface area contributed by atoms with Gasteiger partial charge in [0.1, 0.15) is 5.82 Å². The van der Waals surface area contributed by atoms with E-state index in [1.165, 1.54) is 5.56 Å². The number of aromatic nitrogens is 3. The Morgan fingerprint density at radius 1 is 0.958 bits per heavy atom. The summed E-state index contributed by atoms with van der Waals surface area (Å²) in [5, 5.41) is 8.72. The lowest BCUT2D eigenvalue weighted by atomic mass is 10.1. The van der Waals surface area contributed by atoms with Crippen molar-refractivity contribution in [2.24, 2.45) is 0 Å². The van der Waals surface area contributed by atoms with E-state index in [1.54, 1.807) is 11.9 Å². The van der Waals surface area contributed by atoms with E-state index >= 15 is 0 Å². The fourth-order valence-corrected chi connectivity index (χ4v) is 3.14. The van der Waals surface area contributed by atoms with Crippen LogP contribution in [-0.4, -0.2) is 32.6 Å². The Balaban J connectivity index is 1.74. The molecule has 120 valence electrons. The largest absolute Gasteiger partial charge is 0.334 e. The minimum Gasteiger partial charge on any atom is -0.334 e. The molecule has 0 fully saturated rings. The van der Waals surface area contributed by atoms with Crippen molar-refractivity contribution in [3.05, 3.63) is 77.4 Å². The molecule has 0 radical (unpaired) electrons. The molecule has 2 heterocycles. The van der Waals surface area contributed by atoms with E-state index in [0.717, 1.165) is 30.2 Å². The summed E-state index contributed by atoms with van der Waals surface area (Å²) in [6, 6.07) is 18.0. The van der Waals surface area contributed by atoms with Gasteiger partial charge in [0.15, 0.2) is 5.82 Å². The molecule has 0 spiro atoms. The highest BCUT2D eigenvalue weighted by atomic mass is 16.2. The Kier molecular flexibility index (Phi) is 3.61. The van der Waals surface area contributed by atoms with Gasteiger partial charge in [0.05, 0.1) is 17.8 Å². The van der Waals surface area contributed by atoms with Crippen molar-refractivity contribution in [2.75, 3.05) is 7.05 Å². The molecule has 0 saturated heterocycles. The van der Waals surface area contributed by atoms with Crippen LogP contribution >= 0.6 is 0 Å². The molecule has 0 bridgehead atoms. The van der Waals surface area contributed by atoms with Crippen LogP contribution in [0.5, 0.6) is 0 Å². The monoisotopic (exact) mass is 318 g/mol. The van der Waals surface area contributed by atoms with Crippen LogP contribution < -0.4 is 0 Å². The van der Waals surface area contributed by atoms with Gasteiger partial charge in [-0.3, -0.25) is 9.36 Å². The molecular weight excluding hydrogens is 300 g/mol. The number of benzene rings is 2. The quantitative estimate of drug-likeness (QED) is 0.746. The molecule has 4 rings (SSSR count). The number of carbonyl (C=O) groups excluding carboxylic acids is 1. The van der Waals surface area contributed by atoms with Crippen LogP contribution in [0.2, 0.25) is 0 Å². The standard InChI is InChI=1S/C19H18N4O/c1-22-13-18-21-20-17(12-11-14-7-3-2-4-8-14)23(18)16-10-6-5-9-15(16)19(22)24/h2-10H,11-13H2,1H3. The summed E-state index contributed by atoms with van der Waals surface area (Å²) in [4.78, 5) is 14.2. The number of rotatable bonds is 3. The Hall–Kier alpha value is -2.95. The highest BCUT2D eigenvalue weighted by Crippen LogP contribution is 2.24. The van der Waals surface area contributed by atoms with Crippen molar-refractivity contribution in [3.63, 3.8) is 0 Å². The average Bonchev–Trinajstić information content (AvgIpc) is 2.98. The highest BCUT2D eigenvalue weighted by molar-refractivity contribution is 5.98. The summed E-state index contributed by atoms with van der Waals surface area (Å²) < 4.78 is 2.04. The summed E-state index contributed by atoms with van der Waals surface area (Å²) in [6.45, 7) is 0.464. The number of aryl methyl sites for hydroxylation is 2. The average molecular weight is 318 g/mol. The molecule has 0 atom stereocenters. The molecule has 3 aromatic rings. The third-order valence-electron chi connectivity index (χ3n) is 4.38. The molecule has 2 aromatic carbocycles. The maximum atomic E-state index is 12.6. The van der Waals surface area contributed by atoms with Crippen LogP contribution in [0, 0.1) is 0 Å². The molecule has 5 heteroatoms. The second-order valence-electron chi connectivity index (χ2n) is 6.03. The molecule has 1 aliphatic rings. The van der Waals surface area contributed by atoms with Crippen molar-refractivity contribution in [1.82, 2.24) is 19.7 Å². The predicted molar refractivity (Wildman–Crippen MR) is 91.0 cm³/mol. The molecule has 0 aliphatic carbocycles. The first-order valence-electron chi connectivity index (χ1n) is 8.06. The van der Waals surface area contributed by atoms with Crippen molar-refractivity contribution in [2.45, 2.75) is 19.4 Å². The maximum absolute atomic E-state index is 12.6. The number of carbonyl (C=O) groups is 1. The second kappa shape index (κ2) is 5.92. The van der Waals surface area contributed by atoms with E-state index in [1.807, 2.05) is 47.0 Å². The zero-order valence-electron chi connectivity index (χ0n) is 13.5. The molecule has 1 amide bonds. The first-order valence-corrected chi connectivity index (χ1v) is 8.06. The molecule has 5 nitrogen and oxygen atoms in total. The first kappa shape index (κ1) is 14.6. The summed E-state index contributed by atoms with van der Waals surface area (Å²) in [5.74, 6) is 1.72. The van der Waals surface area contributed by atoms with E-state index < -0.39 is 0 Å². The number of fused-ring (bicyclic) bond motifs is 3. The van der Waals surface area contributed by atoms with Crippen LogP contribution in [0.15, 0.2) is 54.6 Å². The lowest BCUT2D eigenvalue weighted by Gasteiger charge is -2.12. The lowest BCUT2D eigenvalue weighted by molar-refractivity contribution is 0.0786. The highest BCUT2D eigenvalue weighted by Gasteiger charge is 2.26. The molecule has 1 aliphatic heterocycles. The third-order valence-corrected chi connectivity index (χ3v) is 4.38. The van der Waals surface area contributed by atoms with Gasteiger partial charge in [-0.15, -0.1) is 10.2 Å². The maximum Gasteiger partial charge on any atom is 0.256 e. The lowest BCUT2D eigenvalue weighted by Crippen LogP contribution is -2.25. The minimum atomic E-state index is 0.0186. The summed E-state index contributed by atoms with van der Waals surface area (Å²) in [7, 11) is 1.80. The number of amides is 1. The van der Waals surface area contributed by atoms with E-state index in [2.05, 4.69) is 22.3 Å². The summed E-state index contributed by atoms with van der Waals surface area (Å²) in [5.41, 5.74) is 2.83. The van der Waals surface area contributed by atoms with Gasteiger partial charge < -0.3 is 4.90 Å². The van der Waals surface area contributed by atoms with Gasteiger partial charge in [-0.2, -0.15) is 0 Å². The smallest absolute Gasteiger partial charge is 0.256 e. The van der Waals surface area contributed by atoms with Gasteiger partial charge in [0.25, 0.3) is 5.91 Å². The molecule has 1 aromatic heterocycles. The van der Waals surface area contributed by atoms with Gasteiger partial charge in [-0.05, 0) is 24.1 Å². The second-order valence-corrected chi connectivity index (χ2v) is 6.03. The van der Waals surface area contributed by atoms with E-state index in [-0.39, 0.29) is 5.91 Å². The Morgan fingerprint density at radius 3 is 2.54 bits per heavy atom. The predicted octanol–water partition coefficient (Wildman–Crippen LogP) is 2.64. The number of nitrogens with zero attached hydrogens (tertiary/aromatic N) is 4. The molecule has 0 saturated carbocycles. The normalized spacial score (nSPS) is 13.4. The Morgan fingerprint density at radius 2 is 1.71 bits per heavy atom. The number of para-hydroxylation sites is 1. The summed E-state index contributed by atoms with van der Waals surface area (Å²) >= 11 is 0. The van der Waals surface area contributed by atoms with Gasteiger partial charge >= 0.3 is 0 Å². The zero-order valence-corrected chi connectivity index (χ0v) is 13.5. The van der Waals surface area contributed by atoms with Gasteiger partial charge in [-0.1, -0.05) is 42.5 Å². The van der Waals surface area contributed by atoms with Crippen molar-refractivity contribution >= 4 is 5.91 Å². The van der Waals surface area contributed by atoms with E-state index in [9.17, 15) is 4.79 Å². The third kappa shape index (κ3) is 2.48. The molecule has 0 N–H and O–H groups in total. The zero-order chi connectivity index (χ0) is 16.5. The minimum absolute atomic E-state index is 0.0186. The molecule has 0 unspecified atom stereocenters. The number of hydrogen-bond donors (Lipinski definition) is 0. The van der Waals surface area contributed by atoms with Gasteiger partial charge in [-0.25, -0.2) is 0 Å². The van der Waals surface area contributed by atoms with Crippen LogP contribution in [0.3, 0.4) is 0 Å². The van der Waals surface area contributed by atoms with Gasteiger partial charge in [0.2, 0.25) is 0 Å². The van der Waals surface area contributed by atoms with Crippen molar-refractivity contribution in [1.29, 1.82) is 0 Å². The Bertz CT molecular complexity index is 885. The van der Waals surface area contributed by atoms with Gasteiger partial charge in [0, 0.05) is 13.5 Å². The van der Waals surface area contributed by atoms with Crippen LogP contribution in [0.1, 0.15) is 27.6 Å². The topological polar surface area (TPSA) is 51.0 Å². The summed E-state index contributed by atoms with van der Waals surface area (Å²) in [6.07, 6.45) is 1.67. The SMILES string of the molecule is CN1Cc2nnc(CCc3ccccc3)n2-c2ccccc2C1=O. The van der Waals surface area contributed by atoms with Crippen LogP contribution in [0.4, 0.5) is 0 Å². The van der Waals surface area contributed by atoms with E-state index in [4.69, 9.17) is 0 Å². The number of hydrogen-bond acceptors (Lipinski definition) is 3. The van der Waals surface area contributed by atoms with Crippen LogP contribution in [-0.2, 0) is 19.4 Å². The van der Waals surface area contributed by atoms with Crippen molar-refractivity contribution in [3.8, 4) is 5.69 Å². The Labute approximate surface area is 140 Å².